The molecular formula is C30H32N2O4. The molecule has 0 spiro atoms. The third-order valence-corrected chi connectivity index (χ3v) is 7.42. The minimum atomic E-state index is -0.471. The van der Waals surface area contributed by atoms with Crippen molar-refractivity contribution in [3.63, 3.8) is 0 Å². The van der Waals surface area contributed by atoms with Crippen molar-refractivity contribution < 1.29 is 19.4 Å². The summed E-state index contributed by atoms with van der Waals surface area (Å²) < 4.78 is 5.68. The number of nitrogens with zero attached hydrogens (tertiary/aromatic N) is 2. The van der Waals surface area contributed by atoms with Crippen LogP contribution in [0.15, 0.2) is 48.5 Å². The highest BCUT2D eigenvalue weighted by atomic mass is 16.5. The summed E-state index contributed by atoms with van der Waals surface area (Å²) in [7, 11) is 0. The Labute approximate surface area is 211 Å². The highest BCUT2D eigenvalue weighted by Crippen LogP contribution is 2.36. The van der Waals surface area contributed by atoms with E-state index < -0.39 is 5.97 Å². The molecule has 6 nitrogen and oxygen atoms in total. The number of amides is 1. The number of fused-ring (bicyclic) bond motifs is 2. The fourth-order valence-corrected chi connectivity index (χ4v) is 5.67. The largest absolute Gasteiger partial charge is 0.508 e. The molecule has 0 bridgehead atoms. The fourth-order valence-electron chi connectivity index (χ4n) is 5.67. The second kappa shape index (κ2) is 10.1. The van der Waals surface area contributed by atoms with Crippen LogP contribution in [0.4, 0.5) is 0 Å². The molecule has 1 saturated heterocycles. The van der Waals surface area contributed by atoms with E-state index in [1.54, 1.807) is 12.1 Å². The lowest BCUT2D eigenvalue weighted by atomic mass is 9.86. The highest BCUT2D eigenvalue weighted by molar-refractivity contribution is 6.07. The van der Waals surface area contributed by atoms with Gasteiger partial charge in [-0.1, -0.05) is 30.3 Å². The van der Waals surface area contributed by atoms with Gasteiger partial charge in [-0.15, -0.1) is 0 Å². The molecule has 2 heterocycles. The molecule has 36 heavy (non-hydrogen) atoms. The zero-order chi connectivity index (χ0) is 25.2. The molecule has 2 aromatic carbocycles. The van der Waals surface area contributed by atoms with Crippen molar-refractivity contribution in [2.45, 2.75) is 64.5 Å². The monoisotopic (exact) mass is 484 g/mol. The van der Waals surface area contributed by atoms with Gasteiger partial charge < -0.3 is 14.7 Å². The van der Waals surface area contributed by atoms with E-state index in [0.717, 1.165) is 71.8 Å². The Morgan fingerprint density at radius 1 is 1.03 bits per heavy atom. The molecule has 1 amide bonds. The van der Waals surface area contributed by atoms with Crippen LogP contribution in [-0.4, -0.2) is 45.6 Å². The van der Waals surface area contributed by atoms with E-state index in [4.69, 9.17) is 9.72 Å². The Bertz CT molecular complexity index is 1320. The van der Waals surface area contributed by atoms with Gasteiger partial charge in [0.25, 0.3) is 5.91 Å². The van der Waals surface area contributed by atoms with Crippen LogP contribution in [-0.2, 0) is 16.0 Å². The summed E-state index contributed by atoms with van der Waals surface area (Å²) in [5.74, 6) is -0.386. The summed E-state index contributed by atoms with van der Waals surface area (Å²) in [6.45, 7) is 3.86. The number of aromatic nitrogens is 1. The van der Waals surface area contributed by atoms with Crippen LogP contribution in [0.1, 0.15) is 73.1 Å². The van der Waals surface area contributed by atoms with Crippen LogP contribution in [0.3, 0.4) is 0 Å². The number of phenols is 1. The van der Waals surface area contributed by atoms with Gasteiger partial charge >= 0.3 is 5.97 Å². The minimum absolute atomic E-state index is 0.136. The number of hydrogen-bond donors (Lipinski definition) is 1. The number of pyridine rings is 1. The first-order chi connectivity index (χ1) is 17.4. The molecular weight excluding hydrogens is 452 g/mol. The smallest absolute Gasteiger partial charge is 0.339 e. The van der Waals surface area contributed by atoms with E-state index >= 15 is 0 Å². The Kier molecular flexibility index (Phi) is 6.77. The van der Waals surface area contributed by atoms with Crippen molar-refractivity contribution in [3.05, 3.63) is 70.9 Å². The first-order valence-electron chi connectivity index (χ1n) is 12.8. The van der Waals surface area contributed by atoms with Crippen LogP contribution < -0.4 is 0 Å². The lowest BCUT2D eigenvalue weighted by Gasteiger charge is -2.38. The number of carbonyl (C=O) groups excluding carboxylic acids is 2. The van der Waals surface area contributed by atoms with Gasteiger partial charge in [0.05, 0.1) is 16.8 Å². The second-order valence-electron chi connectivity index (χ2n) is 9.95. The van der Waals surface area contributed by atoms with Gasteiger partial charge in [0.2, 0.25) is 0 Å². The number of para-hydroxylation sites is 1. The number of benzene rings is 2. The number of piperidine rings is 1. The van der Waals surface area contributed by atoms with Crippen LogP contribution >= 0.6 is 0 Å². The van der Waals surface area contributed by atoms with Gasteiger partial charge in [-0.05, 0) is 93.3 Å². The van der Waals surface area contributed by atoms with Gasteiger partial charge in [-0.3, -0.25) is 4.79 Å². The van der Waals surface area contributed by atoms with E-state index in [1.807, 2.05) is 41.3 Å². The zero-order valence-corrected chi connectivity index (χ0v) is 20.9. The second-order valence-corrected chi connectivity index (χ2v) is 9.95. The summed E-state index contributed by atoms with van der Waals surface area (Å²) in [5, 5.41) is 10.4. The number of allylic oxidation sites excluding steroid dienone is 1. The number of carbonyl (C=O) groups is 2. The molecule has 186 valence electrons. The lowest BCUT2D eigenvalue weighted by molar-refractivity contribution is -0.140. The standard InChI is InChI=1S/C30H32N2O4/c1-19-7-5-8-20(2)32(19)27(34)18-36-30(35)28-24-10-3-4-12-26(24)31-29-22(9-6-11-25(28)29)17-21-13-15-23(33)16-14-21/h3-4,10,12-17,19-20,33H,5-9,11,18H2,1-2H3. The Morgan fingerprint density at radius 2 is 1.75 bits per heavy atom. The number of hydrogen-bond acceptors (Lipinski definition) is 5. The molecule has 1 aromatic heterocycles. The van der Waals surface area contributed by atoms with Crippen molar-refractivity contribution in [2.75, 3.05) is 6.61 Å². The molecule has 1 aliphatic heterocycles. The van der Waals surface area contributed by atoms with Crippen LogP contribution in [0.25, 0.3) is 22.6 Å². The Hall–Kier alpha value is -3.67. The third kappa shape index (κ3) is 4.72. The Morgan fingerprint density at radius 3 is 2.50 bits per heavy atom. The summed E-state index contributed by atoms with van der Waals surface area (Å²) >= 11 is 0. The van der Waals surface area contributed by atoms with Crippen molar-refractivity contribution in [2.24, 2.45) is 0 Å². The molecule has 1 N–H and O–H groups in total. The first-order valence-corrected chi connectivity index (χ1v) is 12.8. The number of ether oxygens (including phenoxy) is 1. The van der Waals surface area contributed by atoms with E-state index in [2.05, 4.69) is 19.9 Å². The molecule has 0 saturated carbocycles. The maximum Gasteiger partial charge on any atom is 0.339 e. The normalized spacial score (nSPS) is 20.8. The summed E-state index contributed by atoms with van der Waals surface area (Å²) in [6.07, 6.45) is 7.58. The zero-order valence-electron chi connectivity index (χ0n) is 20.9. The SMILES string of the molecule is CC1CCCC(C)N1C(=O)COC(=O)c1c2c(nc3ccccc13)C(=Cc1ccc(O)cc1)CCC2. The van der Waals surface area contributed by atoms with Gasteiger partial charge in [0, 0.05) is 17.5 Å². The van der Waals surface area contributed by atoms with E-state index in [1.165, 1.54) is 0 Å². The van der Waals surface area contributed by atoms with Crippen LogP contribution in [0.5, 0.6) is 5.75 Å². The van der Waals surface area contributed by atoms with Gasteiger partial charge in [-0.25, -0.2) is 9.78 Å². The van der Waals surface area contributed by atoms with Crippen molar-refractivity contribution in [1.82, 2.24) is 9.88 Å². The number of phenolic OH excluding ortho intramolecular Hbond substituents is 1. The quantitative estimate of drug-likeness (QED) is 0.476. The van der Waals surface area contributed by atoms with E-state index in [-0.39, 0.29) is 30.3 Å². The van der Waals surface area contributed by atoms with Gasteiger partial charge in [0.15, 0.2) is 6.61 Å². The molecule has 1 fully saturated rings. The third-order valence-electron chi connectivity index (χ3n) is 7.42. The first kappa shape index (κ1) is 24.0. The highest BCUT2D eigenvalue weighted by Gasteiger charge is 2.31. The molecule has 1 aliphatic carbocycles. The van der Waals surface area contributed by atoms with Crippen molar-refractivity contribution in [1.29, 1.82) is 0 Å². The average Bonchev–Trinajstić information content (AvgIpc) is 2.87. The maximum absolute atomic E-state index is 13.5. The minimum Gasteiger partial charge on any atom is -0.508 e. The molecule has 3 aromatic rings. The summed E-state index contributed by atoms with van der Waals surface area (Å²) in [6, 6.07) is 15.0. The topological polar surface area (TPSA) is 79.7 Å². The lowest BCUT2D eigenvalue weighted by Crippen LogP contribution is -2.49. The van der Waals surface area contributed by atoms with Crippen LogP contribution in [0.2, 0.25) is 0 Å². The summed E-state index contributed by atoms with van der Waals surface area (Å²) in [5.41, 5.74) is 4.94. The van der Waals surface area contributed by atoms with Gasteiger partial charge in [-0.2, -0.15) is 0 Å². The number of esters is 1. The van der Waals surface area contributed by atoms with Crippen molar-refractivity contribution >= 4 is 34.4 Å². The van der Waals surface area contributed by atoms with Gasteiger partial charge in [0.1, 0.15) is 5.75 Å². The summed E-state index contributed by atoms with van der Waals surface area (Å²) in [4.78, 5) is 33.3. The average molecular weight is 485 g/mol. The molecule has 5 rings (SSSR count). The number of aromatic hydroxyl groups is 1. The number of rotatable bonds is 4. The number of likely N-dealkylation sites (tertiary alicyclic amines) is 1. The molecule has 6 heteroatoms. The fraction of sp³-hybridized carbons (Fsp3) is 0.367. The predicted molar refractivity (Wildman–Crippen MR) is 141 cm³/mol. The van der Waals surface area contributed by atoms with E-state index in [9.17, 15) is 14.7 Å². The predicted octanol–water partition coefficient (Wildman–Crippen LogP) is 5.76. The molecule has 2 atom stereocenters. The van der Waals surface area contributed by atoms with Crippen LogP contribution in [0, 0.1) is 0 Å². The molecule has 2 aliphatic rings. The molecule has 2 unspecified atom stereocenters. The molecule has 0 radical (unpaired) electrons. The maximum atomic E-state index is 13.5. The van der Waals surface area contributed by atoms with E-state index in [0.29, 0.717) is 5.56 Å². The van der Waals surface area contributed by atoms with Crippen molar-refractivity contribution in [3.8, 4) is 5.75 Å². The Balaban J connectivity index is 1.48.